The molecule has 0 saturated heterocycles. The summed E-state index contributed by atoms with van der Waals surface area (Å²) in [6, 6.07) is 0. The molecule has 0 amide bonds. The lowest BCUT2D eigenvalue weighted by atomic mass is 10.4. The molecule has 8 heavy (non-hydrogen) atoms. The van der Waals surface area contributed by atoms with Crippen molar-refractivity contribution in [3.63, 3.8) is 0 Å². The lowest BCUT2D eigenvalue weighted by molar-refractivity contribution is 0.101. The van der Waals surface area contributed by atoms with E-state index in [1.165, 1.54) is 18.3 Å². The molecule has 3 heteroatoms. The van der Waals surface area contributed by atoms with Gasteiger partial charge in [-0.1, -0.05) is 0 Å². The molecule has 1 rings (SSSR count). The second-order valence-corrected chi connectivity index (χ2v) is 2.15. The number of carbonyl (C=O) groups is 1. The second-order valence-electron chi connectivity index (χ2n) is 1.43. The molecule has 2 nitrogen and oxygen atoms in total. The van der Waals surface area contributed by atoms with E-state index in [9.17, 15) is 4.79 Å². The molecule has 0 bridgehead atoms. The van der Waals surface area contributed by atoms with Crippen molar-refractivity contribution in [1.82, 2.24) is 4.98 Å². The zero-order valence-corrected chi connectivity index (χ0v) is 5.23. The van der Waals surface area contributed by atoms with Gasteiger partial charge in [-0.05, 0) is 0 Å². The monoisotopic (exact) mass is 127 g/mol. The van der Waals surface area contributed by atoms with Gasteiger partial charge in [-0.25, -0.2) is 4.98 Å². The van der Waals surface area contributed by atoms with Crippen LogP contribution in [0.25, 0.3) is 0 Å². The number of hydrogen-bond donors (Lipinski definition) is 0. The van der Waals surface area contributed by atoms with Gasteiger partial charge in [-0.15, -0.1) is 11.3 Å². The molecule has 0 atom stereocenters. The number of rotatable bonds is 1. The van der Waals surface area contributed by atoms with Crippen LogP contribution in [0, 0.1) is 0 Å². The van der Waals surface area contributed by atoms with E-state index in [2.05, 4.69) is 4.98 Å². The molecule has 1 aromatic rings. The Balaban J connectivity index is 2.93. The predicted molar refractivity (Wildman–Crippen MR) is 32.1 cm³/mol. The molecule has 42 valence electrons. The van der Waals surface area contributed by atoms with Crippen LogP contribution >= 0.6 is 11.3 Å². The molecule has 0 N–H and O–H groups in total. The Bertz CT molecular complexity index is 180. The smallest absolute Gasteiger partial charge is 0.178 e. The van der Waals surface area contributed by atoms with Gasteiger partial charge < -0.3 is 0 Å². The highest BCUT2D eigenvalue weighted by atomic mass is 32.1. The first-order chi connectivity index (χ1) is 3.80. The van der Waals surface area contributed by atoms with E-state index in [4.69, 9.17) is 0 Å². The van der Waals surface area contributed by atoms with E-state index < -0.39 is 0 Å². The Morgan fingerprint density at radius 3 is 2.88 bits per heavy atom. The Labute approximate surface area is 51.2 Å². The van der Waals surface area contributed by atoms with Gasteiger partial charge in [0.25, 0.3) is 0 Å². The Kier molecular flexibility index (Phi) is 1.39. The molecule has 0 aliphatic heterocycles. The first-order valence-corrected chi connectivity index (χ1v) is 3.14. The largest absolute Gasteiger partial charge is 0.293 e. The van der Waals surface area contributed by atoms with Crippen molar-refractivity contribution in [3.8, 4) is 0 Å². The molecular weight excluding hydrogens is 122 g/mol. The maximum absolute atomic E-state index is 10.5. The molecule has 0 aliphatic rings. The van der Waals surface area contributed by atoms with Crippen LogP contribution in [0.4, 0.5) is 0 Å². The maximum Gasteiger partial charge on any atom is 0.178 e. The molecule has 1 aromatic heterocycles. The summed E-state index contributed by atoms with van der Waals surface area (Å²) in [5.74, 6) is 0.0336. The first-order valence-electron chi connectivity index (χ1n) is 2.20. The van der Waals surface area contributed by atoms with Crippen LogP contribution < -0.4 is 0 Å². The fourth-order valence-corrected chi connectivity index (χ4v) is 0.977. The highest BCUT2D eigenvalue weighted by Crippen LogP contribution is 1.99. The summed E-state index contributed by atoms with van der Waals surface area (Å²) in [5.41, 5.74) is 2.21. The highest BCUT2D eigenvalue weighted by molar-refractivity contribution is 7.07. The molecule has 0 aliphatic carbocycles. The van der Waals surface area contributed by atoms with Crippen molar-refractivity contribution in [2.45, 2.75) is 6.92 Å². The lowest BCUT2D eigenvalue weighted by Crippen LogP contribution is -1.89. The summed E-state index contributed by atoms with van der Waals surface area (Å²) in [5, 5.41) is 1.74. The van der Waals surface area contributed by atoms with Crippen LogP contribution in [0.3, 0.4) is 0 Å². The summed E-state index contributed by atoms with van der Waals surface area (Å²) in [4.78, 5) is 14.2. The molecular formula is C5H5NOS. The normalized spacial score (nSPS) is 9.12. The third kappa shape index (κ3) is 0.924. The summed E-state index contributed by atoms with van der Waals surface area (Å²) in [6.45, 7) is 1.51. The van der Waals surface area contributed by atoms with E-state index in [-0.39, 0.29) is 5.78 Å². The molecule has 1 heterocycles. The molecule has 0 aromatic carbocycles. The van der Waals surface area contributed by atoms with Crippen LogP contribution in [0.2, 0.25) is 0 Å². The molecule has 0 saturated carbocycles. The van der Waals surface area contributed by atoms with Crippen molar-refractivity contribution in [3.05, 3.63) is 16.6 Å². The standard InChI is InChI=1S/C5H5NOS/c1-4(7)5-2-8-3-6-5/h2-3H,1H3. The van der Waals surface area contributed by atoms with Crippen LogP contribution in [0.1, 0.15) is 17.4 Å². The minimum absolute atomic E-state index is 0.0336. The zero-order valence-electron chi connectivity index (χ0n) is 4.42. The summed E-state index contributed by atoms with van der Waals surface area (Å²) < 4.78 is 0. The average molecular weight is 127 g/mol. The fourth-order valence-electron chi connectivity index (χ4n) is 0.386. The number of ketones is 1. The Morgan fingerprint density at radius 2 is 2.62 bits per heavy atom. The Morgan fingerprint density at radius 1 is 1.88 bits per heavy atom. The maximum atomic E-state index is 10.5. The van der Waals surface area contributed by atoms with Crippen molar-refractivity contribution in [1.29, 1.82) is 0 Å². The van der Waals surface area contributed by atoms with Gasteiger partial charge in [0.2, 0.25) is 0 Å². The topological polar surface area (TPSA) is 30.0 Å². The fraction of sp³-hybridized carbons (Fsp3) is 0.200. The van der Waals surface area contributed by atoms with Gasteiger partial charge in [0.1, 0.15) is 5.69 Å². The number of Topliss-reactive ketones (excluding diaryl/α,β-unsaturated/α-hetero) is 1. The van der Waals surface area contributed by atoms with Gasteiger partial charge in [-0.3, -0.25) is 4.79 Å². The van der Waals surface area contributed by atoms with Crippen molar-refractivity contribution in [2.24, 2.45) is 0 Å². The third-order valence-electron chi connectivity index (χ3n) is 0.793. The first kappa shape index (κ1) is 5.44. The van der Waals surface area contributed by atoms with Crippen molar-refractivity contribution in [2.75, 3.05) is 0 Å². The minimum Gasteiger partial charge on any atom is -0.293 e. The van der Waals surface area contributed by atoms with Crippen LogP contribution in [-0.4, -0.2) is 10.8 Å². The predicted octanol–water partition coefficient (Wildman–Crippen LogP) is 1.35. The van der Waals surface area contributed by atoms with Crippen molar-refractivity contribution < 1.29 is 4.79 Å². The van der Waals surface area contributed by atoms with Gasteiger partial charge in [0.05, 0.1) is 5.51 Å². The molecule has 0 radical (unpaired) electrons. The summed E-state index contributed by atoms with van der Waals surface area (Å²) >= 11 is 1.44. The van der Waals surface area contributed by atoms with E-state index in [1.807, 2.05) is 0 Å². The zero-order chi connectivity index (χ0) is 5.98. The van der Waals surface area contributed by atoms with Gasteiger partial charge in [-0.2, -0.15) is 0 Å². The highest BCUT2D eigenvalue weighted by Gasteiger charge is 1.96. The van der Waals surface area contributed by atoms with Crippen molar-refractivity contribution >= 4 is 17.1 Å². The van der Waals surface area contributed by atoms with Gasteiger partial charge in [0.15, 0.2) is 5.78 Å². The lowest BCUT2D eigenvalue weighted by Gasteiger charge is -1.78. The van der Waals surface area contributed by atoms with Crippen LogP contribution in [-0.2, 0) is 0 Å². The minimum atomic E-state index is 0.0336. The van der Waals surface area contributed by atoms with Gasteiger partial charge >= 0.3 is 0 Å². The quantitative estimate of drug-likeness (QED) is 0.533. The number of hydrogen-bond acceptors (Lipinski definition) is 3. The number of aromatic nitrogens is 1. The van der Waals surface area contributed by atoms with Gasteiger partial charge in [0, 0.05) is 12.3 Å². The van der Waals surface area contributed by atoms with E-state index in [0.717, 1.165) is 0 Å². The number of thiazole rings is 1. The molecule has 0 spiro atoms. The van der Waals surface area contributed by atoms with Crippen LogP contribution in [0.15, 0.2) is 10.9 Å². The molecule has 0 fully saturated rings. The summed E-state index contributed by atoms with van der Waals surface area (Å²) in [7, 11) is 0. The molecule has 0 unspecified atom stereocenters. The number of nitrogens with zero attached hydrogens (tertiary/aromatic N) is 1. The second kappa shape index (κ2) is 2.05. The third-order valence-corrected chi connectivity index (χ3v) is 1.38. The van der Waals surface area contributed by atoms with E-state index in [1.54, 1.807) is 10.9 Å². The Hall–Kier alpha value is -0.700. The SMILES string of the molecule is CC(=O)c1cscn1. The summed E-state index contributed by atoms with van der Waals surface area (Å²) in [6.07, 6.45) is 0. The average Bonchev–Trinajstić information content (AvgIpc) is 2.12. The van der Waals surface area contributed by atoms with E-state index >= 15 is 0 Å². The van der Waals surface area contributed by atoms with Crippen LogP contribution in [0.5, 0.6) is 0 Å². The van der Waals surface area contributed by atoms with E-state index in [0.29, 0.717) is 5.69 Å². The number of carbonyl (C=O) groups excluding carboxylic acids is 1.